The quantitative estimate of drug-likeness (QED) is 0.633. The standard InChI is InChI=1S/C17H20O4/c1-2-16(18)20-14-9-8-13-11-19-17(21-15(13)10-14)12-6-4-3-5-7-12/h3-9,13-15,17H,2,10-11H2,1H3/t13-,14+,15+,17?/m1/s1. The van der Waals surface area contributed by atoms with E-state index in [1.54, 1.807) is 6.92 Å². The number of hydrogen-bond donors (Lipinski definition) is 0. The van der Waals surface area contributed by atoms with E-state index in [1.165, 1.54) is 0 Å². The maximum atomic E-state index is 11.4. The average Bonchev–Trinajstić information content (AvgIpc) is 2.55. The summed E-state index contributed by atoms with van der Waals surface area (Å²) in [7, 11) is 0. The molecule has 0 spiro atoms. The summed E-state index contributed by atoms with van der Waals surface area (Å²) < 4.78 is 17.2. The Balaban J connectivity index is 1.65. The van der Waals surface area contributed by atoms with Crippen LogP contribution in [0.2, 0.25) is 0 Å². The van der Waals surface area contributed by atoms with Gasteiger partial charge in [-0.15, -0.1) is 0 Å². The summed E-state index contributed by atoms with van der Waals surface area (Å²) in [5, 5.41) is 0. The summed E-state index contributed by atoms with van der Waals surface area (Å²) in [6, 6.07) is 9.91. The van der Waals surface area contributed by atoms with Gasteiger partial charge in [0.25, 0.3) is 0 Å². The molecule has 21 heavy (non-hydrogen) atoms. The highest BCUT2D eigenvalue weighted by Gasteiger charge is 2.35. The van der Waals surface area contributed by atoms with Crippen molar-refractivity contribution in [3.8, 4) is 0 Å². The van der Waals surface area contributed by atoms with Crippen molar-refractivity contribution in [2.24, 2.45) is 5.92 Å². The maximum Gasteiger partial charge on any atom is 0.306 e. The molecule has 4 heteroatoms. The third-order valence-electron chi connectivity index (χ3n) is 3.90. The fourth-order valence-electron chi connectivity index (χ4n) is 2.71. The SMILES string of the molecule is CCC(=O)O[C@H]1C=C[C@@H]2COC(c3ccccc3)O[C@H]2C1. The predicted molar refractivity (Wildman–Crippen MR) is 77.4 cm³/mol. The number of carbonyl (C=O) groups excluding carboxylic acids is 1. The minimum Gasteiger partial charge on any atom is -0.458 e. The summed E-state index contributed by atoms with van der Waals surface area (Å²) in [6.45, 7) is 2.43. The number of fused-ring (bicyclic) bond motifs is 1. The number of esters is 1. The molecular formula is C17H20O4. The first-order chi connectivity index (χ1) is 10.3. The Morgan fingerprint density at radius 3 is 2.86 bits per heavy atom. The molecule has 1 saturated heterocycles. The Morgan fingerprint density at radius 2 is 2.10 bits per heavy atom. The van der Waals surface area contributed by atoms with E-state index in [1.807, 2.05) is 42.5 Å². The van der Waals surface area contributed by atoms with E-state index in [9.17, 15) is 4.79 Å². The molecule has 112 valence electrons. The van der Waals surface area contributed by atoms with Crippen LogP contribution >= 0.6 is 0 Å². The van der Waals surface area contributed by atoms with E-state index in [0.717, 1.165) is 5.56 Å². The molecule has 2 aliphatic rings. The van der Waals surface area contributed by atoms with Crippen LogP contribution in [0.15, 0.2) is 42.5 Å². The Kier molecular flexibility index (Phi) is 4.36. The van der Waals surface area contributed by atoms with Crippen LogP contribution in [0.5, 0.6) is 0 Å². The lowest BCUT2D eigenvalue weighted by Crippen LogP contribution is -2.40. The van der Waals surface area contributed by atoms with Gasteiger partial charge in [-0.2, -0.15) is 0 Å². The molecule has 4 nitrogen and oxygen atoms in total. The summed E-state index contributed by atoms with van der Waals surface area (Å²) in [4.78, 5) is 11.4. The van der Waals surface area contributed by atoms with Gasteiger partial charge in [0.15, 0.2) is 6.29 Å². The largest absolute Gasteiger partial charge is 0.458 e. The van der Waals surface area contributed by atoms with E-state index in [-0.39, 0.29) is 30.4 Å². The summed E-state index contributed by atoms with van der Waals surface area (Å²) in [5.74, 6) is 0.0660. The first-order valence-corrected chi connectivity index (χ1v) is 7.46. The minimum atomic E-state index is -0.332. The van der Waals surface area contributed by atoms with Crippen molar-refractivity contribution < 1.29 is 19.0 Å². The van der Waals surface area contributed by atoms with Gasteiger partial charge in [0.05, 0.1) is 12.7 Å². The van der Waals surface area contributed by atoms with Gasteiger partial charge in [-0.25, -0.2) is 0 Å². The maximum absolute atomic E-state index is 11.4. The predicted octanol–water partition coefficient (Wildman–Crippen LogP) is 3.00. The first-order valence-electron chi connectivity index (χ1n) is 7.46. The lowest BCUT2D eigenvalue weighted by atomic mass is 9.90. The van der Waals surface area contributed by atoms with Crippen molar-refractivity contribution in [1.29, 1.82) is 0 Å². The third-order valence-corrected chi connectivity index (χ3v) is 3.90. The summed E-state index contributed by atoms with van der Waals surface area (Å²) >= 11 is 0. The summed E-state index contributed by atoms with van der Waals surface area (Å²) in [6.07, 6.45) is 4.60. The van der Waals surface area contributed by atoms with Crippen LogP contribution in [0.3, 0.4) is 0 Å². The lowest BCUT2D eigenvalue weighted by Gasteiger charge is -2.38. The van der Waals surface area contributed by atoms with Gasteiger partial charge in [0.1, 0.15) is 6.10 Å². The van der Waals surface area contributed by atoms with E-state index in [4.69, 9.17) is 14.2 Å². The van der Waals surface area contributed by atoms with Crippen LogP contribution in [-0.2, 0) is 19.0 Å². The monoisotopic (exact) mass is 288 g/mol. The number of ether oxygens (including phenoxy) is 3. The zero-order chi connectivity index (χ0) is 14.7. The highest BCUT2D eigenvalue weighted by molar-refractivity contribution is 5.69. The molecule has 0 aromatic heterocycles. The van der Waals surface area contributed by atoms with E-state index in [0.29, 0.717) is 19.4 Å². The Morgan fingerprint density at radius 1 is 1.29 bits per heavy atom. The van der Waals surface area contributed by atoms with Gasteiger partial charge >= 0.3 is 5.97 Å². The fraction of sp³-hybridized carbons (Fsp3) is 0.471. The van der Waals surface area contributed by atoms with Crippen LogP contribution in [0.1, 0.15) is 31.6 Å². The third kappa shape index (κ3) is 3.34. The van der Waals surface area contributed by atoms with Crippen molar-refractivity contribution in [3.63, 3.8) is 0 Å². The van der Waals surface area contributed by atoms with Gasteiger partial charge < -0.3 is 14.2 Å². The van der Waals surface area contributed by atoms with Crippen molar-refractivity contribution in [2.45, 2.75) is 38.3 Å². The second-order valence-corrected chi connectivity index (χ2v) is 5.42. The molecule has 1 fully saturated rings. The molecule has 3 rings (SSSR count). The van der Waals surface area contributed by atoms with Crippen LogP contribution in [-0.4, -0.2) is 24.8 Å². The minimum absolute atomic E-state index is 0.0311. The lowest BCUT2D eigenvalue weighted by molar-refractivity contribution is -0.240. The second-order valence-electron chi connectivity index (χ2n) is 5.42. The number of benzene rings is 1. The van der Waals surface area contributed by atoms with Crippen LogP contribution in [0, 0.1) is 5.92 Å². The smallest absolute Gasteiger partial charge is 0.306 e. The topological polar surface area (TPSA) is 44.8 Å². The molecule has 0 amide bonds. The van der Waals surface area contributed by atoms with Gasteiger partial charge in [-0.05, 0) is 6.08 Å². The molecule has 1 aromatic rings. The van der Waals surface area contributed by atoms with Gasteiger partial charge in [0.2, 0.25) is 0 Å². The van der Waals surface area contributed by atoms with Crippen LogP contribution < -0.4 is 0 Å². The molecule has 0 bridgehead atoms. The van der Waals surface area contributed by atoms with Crippen molar-refractivity contribution in [1.82, 2.24) is 0 Å². The first kappa shape index (κ1) is 14.3. The van der Waals surface area contributed by atoms with E-state index in [2.05, 4.69) is 0 Å². The fourth-order valence-corrected chi connectivity index (χ4v) is 2.71. The van der Waals surface area contributed by atoms with Crippen molar-refractivity contribution in [3.05, 3.63) is 48.0 Å². The average molecular weight is 288 g/mol. The van der Waals surface area contributed by atoms with E-state index < -0.39 is 0 Å². The number of hydrogen-bond acceptors (Lipinski definition) is 4. The molecule has 0 radical (unpaired) electrons. The van der Waals surface area contributed by atoms with Crippen molar-refractivity contribution in [2.75, 3.05) is 6.61 Å². The zero-order valence-electron chi connectivity index (χ0n) is 12.1. The zero-order valence-corrected chi connectivity index (χ0v) is 12.1. The van der Waals surface area contributed by atoms with Crippen molar-refractivity contribution >= 4 is 5.97 Å². The van der Waals surface area contributed by atoms with Crippen LogP contribution in [0.25, 0.3) is 0 Å². The molecule has 1 heterocycles. The molecule has 0 N–H and O–H groups in total. The Bertz CT molecular complexity index is 511. The number of rotatable bonds is 3. The summed E-state index contributed by atoms with van der Waals surface area (Å²) in [5.41, 5.74) is 1.02. The Hall–Kier alpha value is -1.65. The molecule has 1 unspecified atom stereocenters. The Labute approximate surface area is 124 Å². The highest BCUT2D eigenvalue weighted by atomic mass is 16.7. The molecule has 1 aliphatic carbocycles. The molecule has 0 saturated carbocycles. The molecule has 4 atom stereocenters. The molecule has 1 aliphatic heterocycles. The van der Waals surface area contributed by atoms with E-state index >= 15 is 0 Å². The van der Waals surface area contributed by atoms with Gasteiger partial charge in [0, 0.05) is 24.3 Å². The van der Waals surface area contributed by atoms with Gasteiger partial charge in [-0.3, -0.25) is 4.79 Å². The molecule has 1 aromatic carbocycles. The molecular weight excluding hydrogens is 268 g/mol. The number of carbonyl (C=O) groups is 1. The van der Waals surface area contributed by atoms with Gasteiger partial charge in [-0.1, -0.05) is 43.3 Å². The van der Waals surface area contributed by atoms with Crippen LogP contribution in [0.4, 0.5) is 0 Å². The normalized spacial score (nSPS) is 31.5. The second kappa shape index (κ2) is 6.41. The highest BCUT2D eigenvalue weighted by Crippen LogP contribution is 2.34.